The number of benzene rings is 1. The van der Waals surface area contributed by atoms with Crippen molar-refractivity contribution in [2.24, 2.45) is 0 Å². The van der Waals surface area contributed by atoms with E-state index in [1.54, 1.807) is 0 Å². The lowest BCUT2D eigenvalue weighted by Gasteiger charge is -2.20. The molecule has 0 radical (unpaired) electrons. The van der Waals surface area contributed by atoms with E-state index in [-0.39, 0.29) is 5.41 Å². The number of hydrogen-bond donors (Lipinski definition) is 1. The highest BCUT2D eigenvalue weighted by Gasteiger charge is 2.22. The van der Waals surface area contributed by atoms with Gasteiger partial charge in [-0.2, -0.15) is 5.10 Å². The van der Waals surface area contributed by atoms with Crippen molar-refractivity contribution in [1.29, 1.82) is 0 Å². The van der Waals surface area contributed by atoms with Crippen molar-refractivity contribution < 1.29 is 0 Å². The van der Waals surface area contributed by atoms with E-state index in [4.69, 9.17) is 5.10 Å². The Kier molecular flexibility index (Phi) is 4.33. The Morgan fingerprint density at radius 1 is 1.04 bits per heavy atom. The molecule has 0 unspecified atom stereocenters. The molecule has 0 bridgehead atoms. The van der Waals surface area contributed by atoms with E-state index in [1.165, 1.54) is 28.1 Å². The minimum atomic E-state index is 0.192. The molecule has 1 aromatic heterocycles. The van der Waals surface area contributed by atoms with E-state index in [0.717, 1.165) is 25.9 Å². The van der Waals surface area contributed by atoms with Gasteiger partial charge >= 0.3 is 0 Å². The van der Waals surface area contributed by atoms with Crippen molar-refractivity contribution in [3.63, 3.8) is 0 Å². The fourth-order valence-corrected chi connectivity index (χ4v) is 3.33. The molecule has 124 valence electrons. The number of hydrogen-bond acceptors (Lipinski definition) is 2. The second kappa shape index (κ2) is 6.12. The zero-order valence-corrected chi connectivity index (χ0v) is 15.1. The zero-order valence-electron chi connectivity index (χ0n) is 15.1. The quantitative estimate of drug-likeness (QED) is 0.904. The van der Waals surface area contributed by atoms with Crippen LogP contribution in [-0.4, -0.2) is 22.9 Å². The molecule has 1 aliphatic heterocycles. The molecular weight excluding hydrogens is 282 g/mol. The molecule has 0 aliphatic carbocycles. The van der Waals surface area contributed by atoms with E-state index < -0.39 is 0 Å². The number of nitrogens with one attached hydrogen (secondary N) is 1. The van der Waals surface area contributed by atoms with Gasteiger partial charge in [-0.15, -0.1) is 0 Å². The van der Waals surface area contributed by atoms with Crippen molar-refractivity contribution in [3.05, 3.63) is 41.1 Å². The standard InChI is InChI=1S/C20H29N3/c1-14(2)23-19(17-10-12-21-13-11-18(17)22-23)15-6-8-16(9-7-15)20(3,4)5/h6-9,14,21H,10-13H2,1-5H3. The summed E-state index contributed by atoms with van der Waals surface area (Å²) in [5.41, 5.74) is 6.90. The Morgan fingerprint density at radius 3 is 2.30 bits per heavy atom. The molecule has 2 heterocycles. The predicted octanol–water partition coefficient (Wildman–Crippen LogP) is 4.12. The SMILES string of the molecule is CC(C)n1nc2c(c1-c1ccc(C(C)(C)C)cc1)CCNCC2. The summed E-state index contributed by atoms with van der Waals surface area (Å²) in [6.07, 6.45) is 2.10. The van der Waals surface area contributed by atoms with Crippen LogP contribution in [0.25, 0.3) is 11.3 Å². The second-order valence-electron chi connectivity index (χ2n) is 7.89. The molecule has 1 N–H and O–H groups in total. The molecule has 23 heavy (non-hydrogen) atoms. The first-order valence-corrected chi connectivity index (χ1v) is 8.80. The summed E-state index contributed by atoms with van der Waals surface area (Å²) in [6, 6.07) is 9.47. The summed E-state index contributed by atoms with van der Waals surface area (Å²) in [4.78, 5) is 0. The molecule has 1 aliphatic rings. The van der Waals surface area contributed by atoms with Gasteiger partial charge < -0.3 is 5.32 Å². The third-order valence-corrected chi connectivity index (χ3v) is 4.70. The van der Waals surface area contributed by atoms with Gasteiger partial charge in [-0.3, -0.25) is 4.68 Å². The van der Waals surface area contributed by atoms with Crippen molar-refractivity contribution >= 4 is 0 Å². The molecule has 3 nitrogen and oxygen atoms in total. The van der Waals surface area contributed by atoms with Gasteiger partial charge in [-0.1, -0.05) is 45.0 Å². The molecule has 0 saturated heterocycles. The highest BCUT2D eigenvalue weighted by Crippen LogP contribution is 2.32. The Bertz CT molecular complexity index is 672. The van der Waals surface area contributed by atoms with Crippen LogP contribution in [0.5, 0.6) is 0 Å². The van der Waals surface area contributed by atoms with Crippen LogP contribution in [0.2, 0.25) is 0 Å². The van der Waals surface area contributed by atoms with Crippen molar-refractivity contribution in [1.82, 2.24) is 15.1 Å². The lowest BCUT2D eigenvalue weighted by molar-refractivity contribution is 0.529. The van der Waals surface area contributed by atoms with Gasteiger partial charge in [0.1, 0.15) is 0 Å². The fourth-order valence-electron chi connectivity index (χ4n) is 3.33. The summed E-state index contributed by atoms with van der Waals surface area (Å²) >= 11 is 0. The molecule has 1 aromatic carbocycles. The molecule has 0 amide bonds. The van der Waals surface area contributed by atoms with Crippen LogP contribution in [0.1, 0.15) is 57.5 Å². The summed E-state index contributed by atoms with van der Waals surface area (Å²) in [6.45, 7) is 13.3. The smallest absolute Gasteiger partial charge is 0.0720 e. The average Bonchev–Trinajstić information content (AvgIpc) is 2.70. The van der Waals surface area contributed by atoms with Gasteiger partial charge in [0.2, 0.25) is 0 Å². The topological polar surface area (TPSA) is 29.9 Å². The highest BCUT2D eigenvalue weighted by atomic mass is 15.3. The van der Waals surface area contributed by atoms with E-state index in [2.05, 4.69) is 68.9 Å². The number of aromatic nitrogens is 2. The van der Waals surface area contributed by atoms with E-state index in [1.807, 2.05) is 0 Å². The Labute approximate surface area is 140 Å². The van der Waals surface area contributed by atoms with E-state index in [0.29, 0.717) is 6.04 Å². The Morgan fingerprint density at radius 2 is 1.70 bits per heavy atom. The number of rotatable bonds is 2. The van der Waals surface area contributed by atoms with Gasteiger partial charge in [0.05, 0.1) is 11.4 Å². The van der Waals surface area contributed by atoms with Gasteiger partial charge in [0.15, 0.2) is 0 Å². The summed E-state index contributed by atoms with van der Waals surface area (Å²) in [5, 5.41) is 8.42. The van der Waals surface area contributed by atoms with Gasteiger partial charge in [0, 0.05) is 30.1 Å². The minimum absolute atomic E-state index is 0.192. The fraction of sp³-hybridized carbons (Fsp3) is 0.550. The largest absolute Gasteiger partial charge is 0.316 e. The first-order chi connectivity index (χ1) is 10.9. The van der Waals surface area contributed by atoms with Crippen molar-refractivity contribution in [3.8, 4) is 11.3 Å². The molecule has 0 spiro atoms. The molecule has 3 heteroatoms. The maximum Gasteiger partial charge on any atom is 0.0720 e. The van der Waals surface area contributed by atoms with Crippen LogP contribution < -0.4 is 5.32 Å². The second-order valence-corrected chi connectivity index (χ2v) is 7.89. The van der Waals surface area contributed by atoms with Crippen molar-refractivity contribution in [2.45, 2.75) is 58.9 Å². The maximum absolute atomic E-state index is 4.93. The van der Waals surface area contributed by atoms with Crippen LogP contribution in [-0.2, 0) is 18.3 Å². The summed E-state index contributed by atoms with van der Waals surface area (Å²) < 4.78 is 2.22. The van der Waals surface area contributed by atoms with Crippen LogP contribution in [0.4, 0.5) is 0 Å². The minimum Gasteiger partial charge on any atom is -0.316 e. The van der Waals surface area contributed by atoms with Crippen LogP contribution in [0, 0.1) is 0 Å². The molecule has 2 aromatic rings. The Hall–Kier alpha value is -1.61. The third kappa shape index (κ3) is 3.20. The molecular formula is C20H29N3. The van der Waals surface area contributed by atoms with Crippen LogP contribution in [0.15, 0.2) is 24.3 Å². The zero-order chi connectivity index (χ0) is 16.6. The molecule has 0 saturated carbocycles. The van der Waals surface area contributed by atoms with Gasteiger partial charge in [-0.25, -0.2) is 0 Å². The lowest BCUT2D eigenvalue weighted by atomic mass is 9.86. The van der Waals surface area contributed by atoms with Crippen LogP contribution >= 0.6 is 0 Å². The first kappa shape index (κ1) is 16.3. The van der Waals surface area contributed by atoms with E-state index in [9.17, 15) is 0 Å². The summed E-state index contributed by atoms with van der Waals surface area (Å²) in [7, 11) is 0. The van der Waals surface area contributed by atoms with E-state index >= 15 is 0 Å². The molecule has 0 atom stereocenters. The van der Waals surface area contributed by atoms with Crippen LogP contribution in [0.3, 0.4) is 0 Å². The van der Waals surface area contributed by atoms with Gasteiger partial charge in [0.25, 0.3) is 0 Å². The molecule has 3 rings (SSSR count). The normalized spacial score (nSPS) is 15.6. The van der Waals surface area contributed by atoms with Gasteiger partial charge in [-0.05, 0) is 37.8 Å². The average molecular weight is 311 g/mol. The lowest BCUT2D eigenvalue weighted by Crippen LogP contribution is -2.17. The monoisotopic (exact) mass is 311 g/mol. The maximum atomic E-state index is 4.93. The van der Waals surface area contributed by atoms with Crippen molar-refractivity contribution in [2.75, 3.05) is 13.1 Å². The predicted molar refractivity (Wildman–Crippen MR) is 97.0 cm³/mol. The summed E-state index contributed by atoms with van der Waals surface area (Å²) in [5.74, 6) is 0. The number of fused-ring (bicyclic) bond motifs is 1. The highest BCUT2D eigenvalue weighted by molar-refractivity contribution is 5.66. The third-order valence-electron chi connectivity index (χ3n) is 4.70. The first-order valence-electron chi connectivity index (χ1n) is 8.80. The number of nitrogens with zero attached hydrogens (tertiary/aromatic N) is 2. The molecule has 0 fully saturated rings. The Balaban J connectivity index is 2.09.